The Labute approximate surface area is 188 Å². The van der Waals surface area contributed by atoms with Gasteiger partial charge in [-0.3, -0.25) is 9.79 Å². The Morgan fingerprint density at radius 2 is 1.97 bits per heavy atom. The number of hydrogen-bond acceptors (Lipinski definition) is 4. The lowest BCUT2D eigenvalue weighted by Crippen LogP contribution is -2.03. The molecule has 0 unspecified atom stereocenters. The molecule has 1 aliphatic heterocycles. The van der Waals surface area contributed by atoms with Gasteiger partial charge in [0.05, 0.1) is 23.4 Å². The lowest BCUT2D eigenvalue weighted by atomic mass is 10.0. The van der Waals surface area contributed by atoms with Gasteiger partial charge in [-0.1, -0.05) is 31.7 Å². The van der Waals surface area contributed by atoms with Gasteiger partial charge in [0.25, 0.3) is 0 Å². The summed E-state index contributed by atoms with van der Waals surface area (Å²) in [5.41, 5.74) is 4.30. The van der Waals surface area contributed by atoms with Gasteiger partial charge in [-0.25, -0.2) is 4.98 Å². The van der Waals surface area contributed by atoms with Gasteiger partial charge in [-0.05, 0) is 42.7 Å². The molecule has 2 heterocycles. The number of allylic oxidation sites excluding steroid dienone is 3. The molecule has 0 saturated heterocycles. The van der Waals surface area contributed by atoms with E-state index in [1.165, 1.54) is 29.0 Å². The number of rotatable bonds is 8. The molecule has 0 fully saturated rings. The topological polar surface area (TPSA) is 62.5 Å². The molecule has 0 spiro atoms. The second-order valence-corrected chi connectivity index (χ2v) is 8.62. The van der Waals surface area contributed by atoms with Crippen molar-refractivity contribution in [2.45, 2.75) is 45.7 Å². The minimum atomic E-state index is -4.36. The highest BCUT2D eigenvalue weighted by atomic mass is 32.1. The van der Waals surface area contributed by atoms with E-state index in [1.807, 2.05) is 19.9 Å². The molecule has 1 aliphatic rings. The average Bonchev–Trinajstić information content (AvgIpc) is 3.28. The summed E-state index contributed by atoms with van der Waals surface area (Å²) in [6.07, 6.45) is 1.19. The van der Waals surface area contributed by atoms with Gasteiger partial charge >= 0.3 is 12.1 Å². The summed E-state index contributed by atoms with van der Waals surface area (Å²) in [6, 6.07) is 5.03. The Kier molecular flexibility index (Phi) is 7.13. The summed E-state index contributed by atoms with van der Waals surface area (Å²) < 4.78 is 38.4. The van der Waals surface area contributed by atoms with Crippen molar-refractivity contribution in [1.82, 2.24) is 4.98 Å². The molecule has 0 radical (unpaired) electrons. The minimum absolute atomic E-state index is 0.116. The molecule has 32 heavy (non-hydrogen) atoms. The second-order valence-electron chi connectivity index (χ2n) is 7.54. The van der Waals surface area contributed by atoms with Crippen LogP contribution in [0.2, 0.25) is 0 Å². The number of carboxylic acid groups (broad SMARTS) is 1. The molecular weight excluding hydrogens is 437 g/mol. The molecule has 0 amide bonds. The number of thiazole rings is 1. The predicted molar refractivity (Wildman–Crippen MR) is 121 cm³/mol. The lowest BCUT2D eigenvalue weighted by molar-refractivity contribution is -0.138. The predicted octanol–water partition coefficient (Wildman–Crippen LogP) is 6.78. The van der Waals surface area contributed by atoms with Gasteiger partial charge in [0.1, 0.15) is 5.01 Å². The SMILES string of the molecule is C=C(/C=C\C1=C(CC)CC(Cc2sc(-c3ccc(C(F)(F)F)cc3)nc2C)=N1)CC(=O)O. The second kappa shape index (κ2) is 9.65. The van der Waals surface area contributed by atoms with Crippen molar-refractivity contribution in [2.24, 2.45) is 4.99 Å². The van der Waals surface area contributed by atoms with Crippen LogP contribution >= 0.6 is 11.3 Å². The zero-order valence-corrected chi connectivity index (χ0v) is 18.6. The molecule has 0 aliphatic carbocycles. The molecule has 0 bridgehead atoms. The van der Waals surface area contributed by atoms with E-state index < -0.39 is 17.7 Å². The number of alkyl halides is 3. The molecule has 1 N–H and O–H groups in total. The standard InChI is InChI=1S/C24H23F3N2O2S/c1-4-16-12-19(29-20(16)10-5-14(2)11-22(30)31)13-21-15(3)28-23(32-21)17-6-8-18(9-7-17)24(25,26)27/h5-10H,2,4,11-13H2,1,3H3,(H,30,31)/b10-5-. The molecule has 2 aromatic rings. The smallest absolute Gasteiger partial charge is 0.416 e. The Balaban J connectivity index is 1.74. The van der Waals surface area contributed by atoms with Crippen LogP contribution in [-0.2, 0) is 17.4 Å². The number of carboxylic acids is 1. The van der Waals surface area contributed by atoms with E-state index >= 15 is 0 Å². The molecule has 1 aromatic heterocycles. The van der Waals surface area contributed by atoms with Gasteiger partial charge in [0.15, 0.2) is 0 Å². The Hall–Kier alpha value is -3.00. The fraction of sp³-hybridized carbons (Fsp3) is 0.292. The minimum Gasteiger partial charge on any atom is -0.481 e. The van der Waals surface area contributed by atoms with Crippen molar-refractivity contribution in [3.63, 3.8) is 0 Å². The van der Waals surface area contributed by atoms with Gasteiger partial charge in [0.2, 0.25) is 0 Å². The van der Waals surface area contributed by atoms with Crippen LogP contribution in [0.4, 0.5) is 13.2 Å². The van der Waals surface area contributed by atoms with Gasteiger partial charge < -0.3 is 5.11 Å². The van der Waals surface area contributed by atoms with Crippen LogP contribution < -0.4 is 0 Å². The maximum atomic E-state index is 12.8. The summed E-state index contributed by atoms with van der Waals surface area (Å²) in [5, 5.41) is 9.53. The molecule has 0 saturated carbocycles. The number of halogens is 3. The highest BCUT2D eigenvalue weighted by molar-refractivity contribution is 7.15. The van der Waals surface area contributed by atoms with Crippen LogP contribution in [0.15, 0.2) is 64.8 Å². The van der Waals surface area contributed by atoms with Crippen LogP contribution in [0.3, 0.4) is 0 Å². The summed E-state index contributed by atoms with van der Waals surface area (Å²) in [5.74, 6) is -0.926. The number of aliphatic imine (C=N–C) groups is 1. The zero-order valence-electron chi connectivity index (χ0n) is 17.8. The number of hydrogen-bond donors (Lipinski definition) is 1. The van der Waals surface area contributed by atoms with Crippen LogP contribution in [-0.4, -0.2) is 21.8 Å². The number of aromatic nitrogens is 1. The van der Waals surface area contributed by atoms with Gasteiger partial charge in [-0.2, -0.15) is 13.2 Å². The third-order valence-corrected chi connectivity index (χ3v) is 6.26. The summed E-state index contributed by atoms with van der Waals surface area (Å²) >= 11 is 1.46. The van der Waals surface area contributed by atoms with Gasteiger partial charge in [0, 0.05) is 29.0 Å². The molecule has 168 valence electrons. The van der Waals surface area contributed by atoms with Crippen LogP contribution in [0.1, 0.15) is 42.3 Å². The molecule has 8 heteroatoms. The van der Waals surface area contributed by atoms with Crippen LogP contribution in [0, 0.1) is 6.92 Å². The number of aliphatic carboxylic acids is 1. The van der Waals surface area contributed by atoms with Crippen LogP contribution in [0.25, 0.3) is 10.6 Å². The maximum absolute atomic E-state index is 12.8. The van der Waals surface area contributed by atoms with Crippen molar-refractivity contribution in [3.8, 4) is 10.6 Å². The van der Waals surface area contributed by atoms with Crippen molar-refractivity contribution in [1.29, 1.82) is 0 Å². The summed E-state index contributed by atoms with van der Waals surface area (Å²) in [4.78, 5) is 21.1. The number of carbonyl (C=O) groups is 1. The highest BCUT2D eigenvalue weighted by Gasteiger charge is 2.30. The first kappa shape index (κ1) is 23.7. The van der Waals surface area contributed by atoms with E-state index in [9.17, 15) is 18.0 Å². The monoisotopic (exact) mass is 460 g/mol. The fourth-order valence-corrected chi connectivity index (χ4v) is 4.44. The summed E-state index contributed by atoms with van der Waals surface area (Å²) in [6.45, 7) is 7.69. The Morgan fingerprint density at radius 1 is 1.28 bits per heavy atom. The van der Waals surface area contributed by atoms with E-state index in [0.29, 0.717) is 22.6 Å². The third-order valence-electron chi connectivity index (χ3n) is 5.06. The first-order valence-corrected chi connectivity index (χ1v) is 10.9. The van der Waals surface area contributed by atoms with E-state index in [-0.39, 0.29) is 6.42 Å². The van der Waals surface area contributed by atoms with E-state index in [1.54, 1.807) is 6.08 Å². The van der Waals surface area contributed by atoms with Crippen molar-refractivity contribution < 1.29 is 23.1 Å². The number of aryl methyl sites for hydroxylation is 1. The highest BCUT2D eigenvalue weighted by Crippen LogP contribution is 2.34. The number of nitrogens with zero attached hydrogens (tertiary/aromatic N) is 2. The average molecular weight is 461 g/mol. The molecule has 3 rings (SSSR count). The molecule has 4 nitrogen and oxygen atoms in total. The largest absolute Gasteiger partial charge is 0.481 e. The first-order chi connectivity index (χ1) is 15.1. The first-order valence-electron chi connectivity index (χ1n) is 10.1. The third kappa shape index (κ3) is 5.82. The zero-order chi connectivity index (χ0) is 23.5. The molecule has 1 aromatic carbocycles. The van der Waals surface area contributed by atoms with E-state index in [2.05, 4.69) is 11.6 Å². The Bertz CT molecular complexity index is 1120. The fourth-order valence-electron chi connectivity index (χ4n) is 3.34. The number of benzene rings is 1. The maximum Gasteiger partial charge on any atom is 0.416 e. The quantitative estimate of drug-likeness (QED) is 0.442. The van der Waals surface area contributed by atoms with Crippen molar-refractivity contribution >= 4 is 23.0 Å². The van der Waals surface area contributed by atoms with E-state index in [0.717, 1.165) is 47.0 Å². The van der Waals surface area contributed by atoms with E-state index in [4.69, 9.17) is 10.1 Å². The molecular formula is C24H23F3N2O2S. The van der Waals surface area contributed by atoms with Crippen molar-refractivity contribution in [2.75, 3.05) is 0 Å². The summed E-state index contributed by atoms with van der Waals surface area (Å²) in [7, 11) is 0. The van der Waals surface area contributed by atoms with Gasteiger partial charge in [-0.15, -0.1) is 11.3 Å². The Morgan fingerprint density at radius 3 is 2.56 bits per heavy atom. The molecule has 0 atom stereocenters. The normalized spacial score (nSPS) is 14.3. The lowest BCUT2D eigenvalue weighted by Gasteiger charge is -2.06. The van der Waals surface area contributed by atoms with Crippen molar-refractivity contribution in [3.05, 3.63) is 76.0 Å². The van der Waals surface area contributed by atoms with Crippen LogP contribution in [0.5, 0.6) is 0 Å².